The van der Waals surface area contributed by atoms with Crippen LogP contribution in [0.2, 0.25) is 0 Å². The van der Waals surface area contributed by atoms with Crippen LogP contribution in [0.4, 0.5) is 14.9 Å². The Labute approximate surface area is 195 Å². The Balaban J connectivity index is 1.56. The lowest BCUT2D eigenvalue weighted by atomic mass is 10.0. The zero-order valence-corrected chi connectivity index (χ0v) is 18.7. The first kappa shape index (κ1) is 22.4. The van der Waals surface area contributed by atoms with E-state index in [1.54, 1.807) is 6.07 Å². The lowest BCUT2D eigenvalue weighted by Gasteiger charge is -2.42. The van der Waals surface area contributed by atoms with E-state index in [0.29, 0.717) is 30.8 Å². The molecule has 3 N–H and O–H groups in total. The molecule has 3 aromatic rings. The van der Waals surface area contributed by atoms with E-state index in [4.69, 9.17) is 15.6 Å². The standard InChI is InChI=1S/C25H27FN4O4/c26-19-12-18-20(30(17-6-7-17)15-23(24(18)31)34-25(32)33)13-21(19)29-11-10-28(9-8-27)22(14-29)16-4-2-1-3-5-16/h1-5,12-13,15,17,22H,6-11,14,27H2,(H,32,33). The second-order valence-corrected chi connectivity index (χ2v) is 8.85. The Kier molecular flexibility index (Phi) is 5.97. The van der Waals surface area contributed by atoms with E-state index in [1.165, 1.54) is 12.3 Å². The van der Waals surface area contributed by atoms with E-state index in [9.17, 15) is 9.59 Å². The van der Waals surface area contributed by atoms with Crippen molar-refractivity contribution in [2.24, 2.45) is 5.73 Å². The predicted octanol–water partition coefficient (Wildman–Crippen LogP) is 3.35. The number of hydrogen-bond acceptors (Lipinski definition) is 6. The zero-order chi connectivity index (χ0) is 23.8. The molecule has 1 atom stereocenters. The van der Waals surface area contributed by atoms with Crippen molar-refractivity contribution >= 4 is 22.7 Å². The minimum absolute atomic E-state index is 0.0607. The van der Waals surface area contributed by atoms with Gasteiger partial charge in [-0.1, -0.05) is 30.3 Å². The highest BCUT2D eigenvalue weighted by Gasteiger charge is 2.31. The largest absolute Gasteiger partial charge is 0.511 e. The first-order valence-corrected chi connectivity index (χ1v) is 11.5. The average molecular weight is 467 g/mol. The number of halogens is 1. The molecule has 1 aliphatic carbocycles. The molecule has 5 rings (SSSR count). The van der Waals surface area contributed by atoms with Crippen molar-refractivity contribution < 1.29 is 19.0 Å². The number of hydrogen-bond donors (Lipinski definition) is 2. The number of benzene rings is 2. The molecule has 0 radical (unpaired) electrons. The summed E-state index contributed by atoms with van der Waals surface area (Å²) in [6.45, 7) is 3.23. The van der Waals surface area contributed by atoms with E-state index in [0.717, 1.165) is 31.5 Å². The van der Waals surface area contributed by atoms with Crippen molar-refractivity contribution in [2.75, 3.05) is 37.6 Å². The van der Waals surface area contributed by atoms with Crippen LogP contribution >= 0.6 is 0 Å². The first-order chi connectivity index (χ1) is 16.5. The highest BCUT2D eigenvalue weighted by Crippen LogP contribution is 2.39. The number of aromatic nitrogens is 1. The molecule has 0 amide bonds. The Morgan fingerprint density at radius 3 is 2.62 bits per heavy atom. The van der Waals surface area contributed by atoms with Gasteiger partial charge in [0, 0.05) is 38.8 Å². The van der Waals surface area contributed by atoms with Crippen LogP contribution in [0.1, 0.15) is 30.5 Å². The third kappa shape index (κ3) is 4.24. The summed E-state index contributed by atoms with van der Waals surface area (Å²) >= 11 is 0. The molecule has 34 heavy (non-hydrogen) atoms. The van der Waals surface area contributed by atoms with Crippen LogP contribution in [0.15, 0.2) is 53.5 Å². The number of pyridine rings is 1. The predicted molar refractivity (Wildman–Crippen MR) is 127 cm³/mol. The SMILES string of the molecule is NCCN1CCN(c2cc3c(cc2F)c(=O)c(OC(=O)O)cn3C2CC2)CC1c1ccccc1. The summed E-state index contributed by atoms with van der Waals surface area (Å²) < 4.78 is 22.0. The normalized spacial score (nSPS) is 18.9. The van der Waals surface area contributed by atoms with Gasteiger partial charge in [-0.15, -0.1) is 0 Å². The number of carboxylic acid groups (broad SMARTS) is 1. The molecule has 1 saturated heterocycles. The quantitative estimate of drug-likeness (QED) is 0.537. The molecule has 2 fully saturated rings. The number of carbonyl (C=O) groups is 1. The number of piperazine rings is 1. The molecule has 1 aliphatic heterocycles. The number of fused-ring (bicyclic) bond motifs is 1. The minimum atomic E-state index is -1.57. The van der Waals surface area contributed by atoms with E-state index in [1.807, 2.05) is 27.7 Å². The monoisotopic (exact) mass is 466 g/mol. The molecule has 1 aromatic heterocycles. The Bertz CT molecular complexity index is 1280. The number of nitrogens with two attached hydrogens (primary N) is 1. The number of ether oxygens (including phenoxy) is 1. The Morgan fingerprint density at radius 1 is 1.18 bits per heavy atom. The average Bonchev–Trinajstić information content (AvgIpc) is 3.67. The third-order valence-corrected chi connectivity index (χ3v) is 6.64. The van der Waals surface area contributed by atoms with Crippen molar-refractivity contribution in [1.82, 2.24) is 9.47 Å². The first-order valence-electron chi connectivity index (χ1n) is 11.5. The van der Waals surface area contributed by atoms with Gasteiger partial charge >= 0.3 is 6.16 Å². The van der Waals surface area contributed by atoms with Crippen molar-refractivity contribution in [1.29, 1.82) is 0 Å². The van der Waals surface area contributed by atoms with Gasteiger partial charge in [-0.25, -0.2) is 9.18 Å². The van der Waals surface area contributed by atoms with Crippen LogP contribution in [0.3, 0.4) is 0 Å². The molecular weight excluding hydrogens is 439 g/mol. The fraction of sp³-hybridized carbons (Fsp3) is 0.360. The van der Waals surface area contributed by atoms with Crippen molar-refractivity contribution in [3.8, 4) is 5.75 Å². The second-order valence-electron chi connectivity index (χ2n) is 8.85. The summed E-state index contributed by atoms with van der Waals surface area (Å²) in [5, 5.41) is 9.11. The fourth-order valence-corrected chi connectivity index (χ4v) is 4.86. The van der Waals surface area contributed by atoms with Gasteiger partial charge in [0.05, 0.1) is 28.8 Å². The molecule has 0 spiro atoms. The number of rotatable bonds is 6. The number of anilines is 1. The molecule has 178 valence electrons. The van der Waals surface area contributed by atoms with Gasteiger partial charge in [-0.2, -0.15) is 0 Å². The zero-order valence-electron chi connectivity index (χ0n) is 18.7. The maximum absolute atomic E-state index is 15.4. The summed E-state index contributed by atoms with van der Waals surface area (Å²) in [6.07, 6.45) is 1.68. The lowest BCUT2D eigenvalue weighted by Crippen LogP contribution is -2.50. The molecule has 0 bridgehead atoms. The van der Waals surface area contributed by atoms with Gasteiger partial charge in [-0.05, 0) is 30.5 Å². The maximum Gasteiger partial charge on any atom is 0.511 e. The van der Waals surface area contributed by atoms with Crippen LogP contribution in [-0.4, -0.2) is 53.5 Å². The molecule has 2 aromatic carbocycles. The van der Waals surface area contributed by atoms with E-state index < -0.39 is 17.4 Å². The maximum atomic E-state index is 15.4. The molecular formula is C25H27FN4O4. The molecule has 1 saturated carbocycles. The van der Waals surface area contributed by atoms with Crippen molar-refractivity contribution in [3.63, 3.8) is 0 Å². The molecule has 9 heteroatoms. The third-order valence-electron chi connectivity index (χ3n) is 6.64. The van der Waals surface area contributed by atoms with Crippen LogP contribution < -0.4 is 20.8 Å². The molecule has 1 unspecified atom stereocenters. The van der Waals surface area contributed by atoms with Crippen LogP contribution in [0.25, 0.3) is 10.9 Å². The second kappa shape index (κ2) is 9.08. The summed E-state index contributed by atoms with van der Waals surface area (Å²) in [7, 11) is 0. The minimum Gasteiger partial charge on any atom is -0.449 e. The molecule has 2 aliphatic rings. The van der Waals surface area contributed by atoms with Crippen molar-refractivity contribution in [3.05, 3.63) is 70.3 Å². The lowest BCUT2D eigenvalue weighted by molar-refractivity contribution is 0.143. The summed E-state index contributed by atoms with van der Waals surface area (Å²) in [6, 6.07) is 13.2. The smallest absolute Gasteiger partial charge is 0.449 e. The van der Waals surface area contributed by atoms with E-state index in [-0.39, 0.29) is 23.2 Å². The fourth-order valence-electron chi connectivity index (χ4n) is 4.86. The molecule has 8 nitrogen and oxygen atoms in total. The van der Waals surface area contributed by atoms with Crippen LogP contribution in [0.5, 0.6) is 5.75 Å². The topological polar surface area (TPSA) is 101 Å². The summed E-state index contributed by atoms with van der Waals surface area (Å²) in [5.41, 5.74) is 7.38. The van der Waals surface area contributed by atoms with Crippen molar-refractivity contribution in [2.45, 2.75) is 24.9 Å². The van der Waals surface area contributed by atoms with Gasteiger partial charge in [0.2, 0.25) is 5.43 Å². The highest BCUT2D eigenvalue weighted by molar-refractivity contribution is 5.85. The Hall–Kier alpha value is -3.43. The van der Waals surface area contributed by atoms with Gasteiger partial charge in [0.15, 0.2) is 5.75 Å². The highest BCUT2D eigenvalue weighted by atomic mass is 19.1. The van der Waals surface area contributed by atoms with Crippen LogP contribution in [0, 0.1) is 5.82 Å². The Morgan fingerprint density at radius 2 is 1.94 bits per heavy atom. The van der Waals surface area contributed by atoms with Gasteiger partial charge in [0.1, 0.15) is 5.82 Å². The van der Waals surface area contributed by atoms with Gasteiger partial charge < -0.3 is 25.0 Å². The molecule has 2 heterocycles. The number of nitrogens with zero attached hydrogens (tertiary/aromatic N) is 3. The van der Waals surface area contributed by atoms with E-state index in [2.05, 4.69) is 17.0 Å². The van der Waals surface area contributed by atoms with Crippen LogP contribution in [-0.2, 0) is 0 Å². The van der Waals surface area contributed by atoms with E-state index >= 15 is 4.39 Å². The summed E-state index contributed by atoms with van der Waals surface area (Å²) in [4.78, 5) is 28.2. The van der Waals surface area contributed by atoms with Gasteiger partial charge in [-0.3, -0.25) is 9.69 Å². The summed E-state index contributed by atoms with van der Waals surface area (Å²) in [5.74, 6) is -0.822. The van der Waals surface area contributed by atoms with Gasteiger partial charge in [0.25, 0.3) is 0 Å².